The van der Waals surface area contributed by atoms with E-state index in [1.807, 2.05) is 0 Å². The van der Waals surface area contributed by atoms with Gasteiger partial charge in [-0.05, 0) is 12.1 Å². The fourth-order valence-corrected chi connectivity index (χ4v) is 2.22. The minimum atomic E-state index is -0.484. The van der Waals surface area contributed by atoms with Crippen LogP contribution in [0.3, 0.4) is 0 Å². The van der Waals surface area contributed by atoms with E-state index in [9.17, 15) is 14.9 Å². The standard InChI is InChI=1S/C15H20N4O3/c20-15(13-1-3-14(4-2-13)19(21)22)5-6-16-7-10-18-11-8-17-9-12-18/h1-6,16-17H,7-12H2. The lowest BCUT2D eigenvalue weighted by Gasteiger charge is -2.26. The Balaban J connectivity index is 1.72. The molecule has 1 aliphatic heterocycles. The molecular formula is C15H20N4O3. The monoisotopic (exact) mass is 304 g/mol. The summed E-state index contributed by atoms with van der Waals surface area (Å²) in [6.07, 6.45) is 3.07. The molecule has 7 heteroatoms. The second-order valence-electron chi connectivity index (χ2n) is 5.05. The van der Waals surface area contributed by atoms with Crippen LogP contribution in [0.4, 0.5) is 5.69 Å². The molecule has 0 saturated carbocycles. The molecule has 1 aromatic carbocycles. The summed E-state index contributed by atoms with van der Waals surface area (Å²) in [5.41, 5.74) is 0.417. The van der Waals surface area contributed by atoms with Crippen LogP contribution in [0.1, 0.15) is 10.4 Å². The molecule has 7 nitrogen and oxygen atoms in total. The fraction of sp³-hybridized carbons (Fsp3) is 0.400. The summed E-state index contributed by atoms with van der Waals surface area (Å²) < 4.78 is 0. The molecule has 1 fully saturated rings. The highest BCUT2D eigenvalue weighted by Crippen LogP contribution is 2.12. The molecule has 0 aliphatic carbocycles. The summed E-state index contributed by atoms with van der Waals surface area (Å²) in [7, 11) is 0. The number of piperazine rings is 1. The first-order valence-corrected chi connectivity index (χ1v) is 7.28. The number of nitro groups is 1. The van der Waals surface area contributed by atoms with Gasteiger partial charge in [0.15, 0.2) is 5.78 Å². The predicted octanol–water partition coefficient (Wildman–Crippen LogP) is 0.786. The Morgan fingerprint density at radius 2 is 2.00 bits per heavy atom. The third-order valence-corrected chi connectivity index (χ3v) is 3.50. The number of benzene rings is 1. The third kappa shape index (κ3) is 4.94. The van der Waals surface area contributed by atoms with Gasteiger partial charge in [-0.2, -0.15) is 0 Å². The molecule has 1 saturated heterocycles. The molecular weight excluding hydrogens is 284 g/mol. The summed E-state index contributed by atoms with van der Waals surface area (Å²) >= 11 is 0. The van der Waals surface area contributed by atoms with Crippen LogP contribution >= 0.6 is 0 Å². The van der Waals surface area contributed by atoms with Crippen molar-refractivity contribution < 1.29 is 9.72 Å². The Hall–Kier alpha value is -2.25. The number of hydrogen-bond donors (Lipinski definition) is 2. The molecule has 1 heterocycles. The van der Waals surface area contributed by atoms with E-state index in [1.165, 1.54) is 30.3 Å². The molecule has 1 aromatic rings. The summed E-state index contributed by atoms with van der Waals surface area (Å²) in [6.45, 7) is 5.87. The predicted molar refractivity (Wildman–Crippen MR) is 83.9 cm³/mol. The number of nitrogens with zero attached hydrogens (tertiary/aromatic N) is 2. The summed E-state index contributed by atoms with van der Waals surface area (Å²) in [5.74, 6) is -0.176. The molecule has 0 bridgehead atoms. The zero-order valence-corrected chi connectivity index (χ0v) is 12.3. The zero-order chi connectivity index (χ0) is 15.8. The van der Waals surface area contributed by atoms with Crippen molar-refractivity contribution in [2.75, 3.05) is 39.3 Å². The van der Waals surface area contributed by atoms with Crippen molar-refractivity contribution in [2.45, 2.75) is 0 Å². The molecule has 118 valence electrons. The van der Waals surface area contributed by atoms with E-state index in [4.69, 9.17) is 0 Å². The number of non-ortho nitro benzene ring substituents is 1. The van der Waals surface area contributed by atoms with Crippen molar-refractivity contribution in [3.8, 4) is 0 Å². The van der Waals surface area contributed by atoms with Gasteiger partial charge in [0.1, 0.15) is 0 Å². The van der Waals surface area contributed by atoms with Crippen LogP contribution < -0.4 is 10.6 Å². The average molecular weight is 304 g/mol. The lowest BCUT2D eigenvalue weighted by Crippen LogP contribution is -2.45. The second-order valence-corrected chi connectivity index (χ2v) is 5.05. The van der Waals surface area contributed by atoms with E-state index < -0.39 is 4.92 Å². The largest absolute Gasteiger partial charge is 0.389 e. The normalized spacial score (nSPS) is 15.8. The summed E-state index contributed by atoms with van der Waals surface area (Å²) in [5, 5.41) is 16.9. The molecule has 0 atom stereocenters. The van der Waals surface area contributed by atoms with Crippen LogP contribution in [0.25, 0.3) is 0 Å². The molecule has 1 aliphatic rings. The molecule has 0 spiro atoms. The Bertz CT molecular complexity index is 536. The highest BCUT2D eigenvalue weighted by atomic mass is 16.6. The van der Waals surface area contributed by atoms with Gasteiger partial charge in [0.2, 0.25) is 0 Å². The molecule has 2 rings (SSSR count). The van der Waals surface area contributed by atoms with Crippen molar-refractivity contribution in [1.29, 1.82) is 0 Å². The van der Waals surface area contributed by atoms with Crippen molar-refractivity contribution >= 4 is 11.5 Å². The first kappa shape index (κ1) is 16.1. The van der Waals surface area contributed by atoms with Gasteiger partial charge in [0.25, 0.3) is 5.69 Å². The van der Waals surface area contributed by atoms with E-state index in [0.717, 1.165) is 39.3 Å². The first-order chi connectivity index (χ1) is 10.7. The van der Waals surface area contributed by atoms with Gasteiger partial charge in [-0.1, -0.05) is 0 Å². The zero-order valence-electron chi connectivity index (χ0n) is 12.3. The van der Waals surface area contributed by atoms with E-state index in [-0.39, 0.29) is 11.5 Å². The number of nitro benzene ring substituents is 1. The third-order valence-electron chi connectivity index (χ3n) is 3.50. The molecule has 0 amide bonds. The minimum absolute atomic E-state index is 0.0188. The van der Waals surface area contributed by atoms with Gasteiger partial charge in [-0.3, -0.25) is 19.8 Å². The number of nitrogens with one attached hydrogen (secondary N) is 2. The van der Waals surface area contributed by atoms with E-state index in [1.54, 1.807) is 6.20 Å². The van der Waals surface area contributed by atoms with Crippen LogP contribution in [0.15, 0.2) is 36.5 Å². The number of carbonyl (C=O) groups is 1. The van der Waals surface area contributed by atoms with E-state index in [0.29, 0.717) is 5.56 Å². The summed E-state index contributed by atoms with van der Waals surface area (Å²) in [6, 6.07) is 5.59. The molecule has 2 N–H and O–H groups in total. The van der Waals surface area contributed by atoms with Crippen molar-refractivity contribution in [3.63, 3.8) is 0 Å². The average Bonchev–Trinajstić information content (AvgIpc) is 2.55. The van der Waals surface area contributed by atoms with Gasteiger partial charge in [-0.15, -0.1) is 0 Å². The SMILES string of the molecule is O=C(C=CNCCN1CCNCC1)c1ccc([N+](=O)[O-])cc1. The quantitative estimate of drug-likeness (QED) is 0.254. The number of carbonyl (C=O) groups excluding carboxylic acids is 1. The molecule has 0 aromatic heterocycles. The summed E-state index contributed by atoms with van der Waals surface area (Å²) in [4.78, 5) is 24.3. The maximum Gasteiger partial charge on any atom is 0.269 e. The van der Waals surface area contributed by atoms with Crippen LogP contribution in [-0.2, 0) is 0 Å². The van der Waals surface area contributed by atoms with E-state index in [2.05, 4.69) is 15.5 Å². The number of ketones is 1. The van der Waals surface area contributed by atoms with Gasteiger partial charge in [0, 0.05) is 69.2 Å². The lowest BCUT2D eigenvalue weighted by molar-refractivity contribution is -0.384. The smallest absolute Gasteiger partial charge is 0.269 e. The molecule has 22 heavy (non-hydrogen) atoms. The van der Waals surface area contributed by atoms with Crippen LogP contribution in [0.5, 0.6) is 0 Å². The van der Waals surface area contributed by atoms with Crippen molar-refractivity contribution in [3.05, 3.63) is 52.2 Å². The second kappa shape index (κ2) is 8.26. The maximum atomic E-state index is 11.9. The van der Waals surface area contributed by atoms with Gasteiger partial charge in [0.05, 0.1) is 4.92 Å². The topological polar surface area (TPSA) is 87.5 Å². The lowest BCUT2D eigenvalue weighted by atomic mass is 10.1. The Kier molecular flexibility index (Phi) is 6.05. The van der Waals surface area contributed by atoms with Crippen molar-refractivity contribution in [2.24, 2.45) is 0 Å². The Morgan fingerprint density at radius 3 is 2.64 bits per heavy atom. The number of allylic oxidation sites excluding steroid dienone is 1. The first-order valence-electron chi connectivity index (χ1n) is 7.28. The highest BCUT2D eigenvalue weighted by Gasteiger charge is 2.08. The van der Waals surface area contributed by atoms with Crippen LogP contribution in [0, 0.1) is 10.1 Å². The molecule has 0 radical (unpaired) electrons. The Labute approximate surface area is 129 Å². The van der Waals surface area contributed by atoms with Gasteiger partial charge in [-0.25, -0.2) is 0 Å². The van der Waals surface area contributed by atoms with E-state index >= 15 is 0 Å². The number of hydrogen-bond acceptors (Lipinski definition) is 6. The van der Waals surface area contributed by atoms with Crippen molar-refractivity contribution in [1.82, 2.24) is 15.5 Å². The van der Waals surface area contributed by atoms with Crippen LogP contribution in [-0.4, -0.2) is 54.9 Å². The highest BCUT2D eigenvalue weighted by molar-refractivity contribution is 6.04. The minimum Gasteiger partial charge on any atom is -0.389 e. The molecule has 0 unspecified atom stereocenters. The number of rotatable bonds is 7. The van der Waals surface area contributed by atoms with Gasteiger partial charge >= 0.3 is 0 Å². The van der Waals surface area contributed by atoms with Gasteiger partial charge < -0.3 is 10.6 Å². The maximum absolute atomic E-state index is 11.9. The fourth-order valence-electron chi connectivity index (χ4n) is 2.22. The van der Waals surface area contributed by atoms with Crippen LogP contribution in [0.2, 0.25) is 0 Å². The Morgan fingerprint density at radius 1 is 1.32 bits per heavy atom.